The molecule has 1 saturated heterocycles. The Morgan fingerprint density at radius 3 is 2.21 bits per heavy atom. The van der Waals surface area contributed by atoms with Crippen LogP contribution in [0.5, 0.6) is 11.5 Å². The fourth-order valence-electron chi connectivity index (χ4n) is 2.33. The number of urea groups is 1. The van der Waals surface area contributed by atoms with Crippen molar-refractivity contribution >= 4 is 11.7 Å². The summed E-state index contributed by atoms with van der Waals surface area (Å²) in [6.45, 7) is 2.64. The van der Waals surface area contributed by atoms with Gasteiger partial charge in [-0.15, -0.1) is 0 Å². The maximum Gasteiger partial charge on any atom is 0.319 e. The molecule has 128 valence electrons. The highest BCUT2D eigenvalue weighted by atomic mass is 16.5. The van der Waals surface area contributed by atoms with E-state index in [1.54, 1.807) is 19.2 Å². The van der Waals surface area contributed by atoms with Crippen LogP contribution in [0.2, 0.25) is 0 Å². The van der Waals surface area contributed by atoms with E-state index in [-0.39, 0.29) is 6.03 Å². The van der Waals surface area contributed by atoms with Crippen LogP contribution < -0.4 is 15.4 Å². The molecule has 0 atom stereocenters. The van der Waals surface area contributed by atoms with Gasteiger partial charge >= 0.3 is 6.03 Å². The summed E-state index contributed by atoms with van der Waals surface area (Å²) in [5.41, 5.74) is 0.626. The van der Waals surface area contributed by atoms with Crippen molar-refractivity contribution in [2.45, 2.75) is 12.8 Å². The number of nitrogens with one attached hydrogen (secondary N) is 2. The first kappa shape index (κ1) is 17.8. The fraction of sp³-hybridized carbons (Fsp3) is 0.316. The third-order valence-corrected chi connectivity index (χ3v) is 3.66. The van der Waals surface area contributed by atoms with Crippen LogP contribution in [0.25, 0.3) is 0 Å². The van der Waals surface area contributed by atoms with Crippen LogP contribution in [0.3, 0.4) is 0 Å². The zero-order chi connectivity index (χ0) is 17.2. The van der Waals surface area contributed by atoms with Crippen LogP contribution in [0.4, 0.5) is 10.5 Å². The van der Waals surface area contributed by atoms with Gasteiger partial charge in [0.25, 0.3) is 0 Å². The summed E-state index contributed by atoms with van der Waals surface area (Å²) in [6.07, 6.45) is 2.83. The van der Waals surface area contributed by atoms with Gasteiger partial charge in [0, 0.05) is 7.05 Å². The standard InChI is InChI=1S/C14H14N2O2.C5H11N/c1-15-14(17)16-12-9-5-6-10-13(12)18-11-7-3-2-4-8-11;1-6-4-2-3-5-6/h2-10H,1H3,(H2,15,16,17);2-5H2,1H3. The summed E-state index contributed by atoms with van der Waals surface area (Å²) in [5.74, 6) is 1.33. The van der Waals surface area contributed by atoms with E-state index in [4.69, 9.17) is 4.74 Å². The molecule has 1 aliphatic rings. The monoisotopic (exact) mass is 327 g/mol. The van der Waals surface area contributed by atoms with Crippen molar-refractivity contribution < 1.29 is 9.53 Å². The lowest BCUT2D eigenvalue weighted by Crippen LogP contribution is -2.24. The molecule has 3 rings (SSSR count). The molecule has 2 aromatic rings. The van der Waals surface area contributed by atoms with Gasteiger partial charge in [0.1, 0.15) is 5.75 Å². The highest BCUT2D eigenvalue weighted by Gasteiger charge is 2.06. The molecule has 5 heteroatoms. The van der Waals surface area contributed by atoms with E-state index in [9.17, 15) is 4.79 Å². The molecule has 0 radical (unpaired) electrons. The number of likely N-dealkylation sites (tertiary alicyclic amines) is 1. The molecule has 1 fully saturated rings. The Hall–Kier alpha value is -2.53. The molecule has 0 spiro atoms. The number of hydrogen-bond donors (Lipinski definition) is 2. The van der Waals surface area contributed by atoms with Crippen LogP contribution in [-0.4, -0.2) is 38.1 Å². The number of para-hydroxylation sites is 3. The number of benzene rings is 2. The molecule has 0 aromatic heterocycles. The summed E-state index contributed by atoms with van der Waals surface area (Å²) in [4.78, 5) is 13.7. The van der Waals surface area contributed by atoms with Crippen LogP contribution in [-0.2, 0) is 0 Å². The first-order valence-electron chi connectivity index (χ1n) is 8.18. The second kappa shape index (κ2) is 9.57. The molecule has 0 saturated carbocycles. The van der Waals surface area contributed by atoms with Crippen molar-refractivity contribution in [1.29, 1.82) is 0 Å². The molecule has 2 amide bonds. The number of nitrogens with zero attached hydrogens (tertiary/aromatic N) is 1. The maximum atomic E-state index is 11.3. The van der Waals surface area contributed by atoms with Crippen LogP contribution >= 0.6 is 0 Å². The highest BCUT2D eigenvalue weighted by Crippen LogP contribution is 2.28. The molecule has 1 heterocycles. The first-order valence-corrected chi connectivity index (χ1v) is 8.18. The lowest BCUT2D eigenvalue weighted by molar-refractivity contribution is 0.254. The number of anilines is 1. The first-order chi connectivity index (χ1) is 11.7. The Morgan fingerprint density at radius 2 is 1.62 bits per heavy atom. The topological polar surface area (TPSA) is 53.6 Å². The molecule has 0 unspecified atom stereocenters. The van der Waals surface area contributed by atoms with Gasteiger partial charge in [0.05, 0.1) is 5.69 Å². The summed E-state index contributed by atoms with van der Waals surface area (Å²) < 4.78 is 5.71. The van der Waals surface area contributed by atoms with E-state index in [0.717, 1.165) is 5.75 Å². The number of carbonyl (C=O) groups is 1. The molecule has 2 N–H and O–H groups in total. The van der Waals surface area contributed by atoms with Crippen LogP contribution in [0.15, 0.2) is 54.6 Å². The lowest BCUT2D eigenvalue weighted by atomic mass is 10.3. The third-order valence-electron chi connectivity index (χ3n) is 3.66. The second-order valence-corrected chi connectivity index (χ2v) is 5.63. The van der Waals surface area contributed by atoms with Gasteiger partial charge in [-0.25, -0.2) is 4.79 Å². The number of carbonyl (C=O) groups excluding carboxylic acids is 1. The number of amides is 2. The van der Waals surface area contributed by atoms with E-state index < -0.39 is 0 Å². The molecule has 2 aromatic carbocycles. The van der Waals surface area contributed by atoms with Crippen molar-refractivity contribution in [2.75, 3.05) is 32.5 Å². The van der Waals surface area contributed by atoms with Crippen molar-refractivity contribution in [3.05, 3.63) is 54.6 Å². The van der Waals surface area contributed by atoms with Crippen LogP contribution in [0, 0.1) is 0 Å². The van der Waals surface area contributed by atoms with Gasteiger partial charge in [-0.2, -0.15) is 0 Å². The van der Waals surface area contributed by atoms with Crippen molar-refractivity contribution in [3.63, 3.8) is 0 Å². The molecule has 1 aliphatic heterocycles. The van der Waals surface area contributed by atoms with E-state index in [0.29, 0.717) is 11.4 Å². The molecule has 0 bridgehead atoms. The molecule has 24 heavy (non-hydrogen) atoms. The average Bonchev–Trinajstić information content (AvgIpc) is 3.09. The summed E-state index contributed by atoms with van der Waals surface area (Å²) in [5, 5.41) is 5.20. The van der Waals surface area contributed by atoms with Crippen molar-refractivity contribution in [2.24, 2.45) is 0 Å². The zero-order valence-corrected chi connectivity index (χ0v) is 14.3. The van der Waals surface area contributed by atoms with Crippen LogP contribution in [0.1, 0.15) is 12.8 Å². The van der Waals surface area contributed by atoms with Gasteiger partial charge in [0.2, 0.25) is 0 Å². The summed E-state index contributed by atoms with van der Waals surface area (Å²) >= 11 is 0. The molecular formula is C19H25N3O2. The summed E-state index contributed by atoms with van der Waals surface area (Å²) in [7, 11) is 3.74. The quantitative estimate of drug-likeness (QED) is 0.898. The Balaban J connectivity index is 0.000000292. The van der Waals surface area contributed by atoms with E-state index in [1.165, 1.54) is 25.9 Å². The Bertz CT molecular complexity index is 626. The minimum absolute atomic E-state index is 0.279. The van der Waals surface area contributed by atoms with Gasteiger partial charge in [-0.1, -0.05) is 30.3 Å². The van der Waals surface area contributed by atoms with Gasteiger partial charge in [-0.05, 0) is 57.2 Å². The normalized spacial score (nSPS) is 13.6. The SMILES string of the molecule is CN1CCCC1.CNC(=O)Nc1ccccc1Oc1ccccc1. The minimum atomic E-state index is -0.279. The van der Waals surface area contributed by atoms with Crippen molar-refractivity contribution in [3.8, 4) is 11.5 Å². The predicted octanol–water partition coefficient (Wildman–Crippen LogP) is 3.94. The summed E-state index contributed by atoms with van der Waals surface area (Å²) in [6, 6.07) is 16.4. The Morgan fingerprint density at radius 1 is 1.00 bits per heavy atom. The second-order valence-electron chi connectivity index (χ2n) is 5.63. The molecule has 0 aliphatic carbocycles. The third kappa shape index (κ3) is 5.93. The Labute approximate surface area is 143 Å². The average molecular weight is 327 g/mol. The number of rotatable bonds is 3. The molecular weight excluding hydrogens is 302 g/mol. The molecule has 5 nitrogen and oxygen atoms in total. The fourth-order valence-corrected chi connectivity index (χ4v) is 2.33. The van der Waals surface area contributed by atoms with E-state index >= 15 is 0 Å². The zero-order valence-electron chi connectivity index (χ0n) is 14.3. The number of ether oxygens (including phenoxy) is 1. The van der Waals surface area contributed by atoms with E-state index in [2.05, 4.69) is 22.6 Å². The van der Waals surface area contributed by atoms with Gasteiger partial charge in [0.15, 0.2) is 5.75 Å². The lowest BCUT2D eigenvalue weighted by Gasteiger charge is -2.11. The van der Waals surface area contributed by atoms with Gasteiger partial charge in [-0.3, -0.25) is 0 Å². The smallest absolute Gasteiger partial charge is 0.319 e. The Kier molecular flexibility index (Phi) is 7.11. The minimum Gasteiger partial charge on any atom is -0.455 e. The van der Waals surface area contributed by atoms with E-state index in [1.807, 2.05) is 42.5 Å². The highest BCUT2D eigenvalue weighted by molar-refractivity contribution is 5.90. The van der Waals surface area contributed by atoms with Crippen molar-refractivity contribution in [1.82, 2.24) is 10.2 Å². The largest absolute Gasteiger partial charge is 0.455 e. The van der Waals surface area contributed by atoms with Gasteiger partial charge < -0.3 is 20.3 Å². The number of hydrogen-bond acceptors (Lipinski definition) is 3. The maximum absolute atomic E-state index is 11.3. The predicted molar refractivity (Wildman–Crippen MR) is 97.8 cm³/mol.